The molecule has 52 heavy (non-hydrogen) atoms. The zero-order chi connectivity index (χ0) is 35.9. The lowest BCUT2D eigenvalue weighted by atomic mass is 9.98. The summed E-state index contributed by atoms with van der Waals surface area (Å²) < 4.78 is 0. The minimum absolute atomic E-state index is 0.00786. The van der Waals surface area contributed by atoms with Crippen molar-refractivity contribution in [2.75, 3.05) is 78.9 Å². The Bertz CT molecular complexity index is 1920. The predicted octanol–water partition coefficient (Wildman–Crippen LogP) is 1.36. The van der Waals surface area contributed by atoms with Crippen LogP contribution in [0.25, 0.3) is 0 Å². The van der Waals surface area contributed by atoms with E-state index in [0.29, 0.717) is 28.8 Å². The van der Waals surface area contributed by atoms with Gasteiger partial charge in [0.15, 0.2) is 11.5 Å². The Morgan fingerprint density at radius 3 is 2.23 bits per heavy atom. The first-order valence-corrected chi connectivity index (χ1v) is 18.0. The van der Waals surface area contributed by atoms with E-state index in [1.54, 1.807) is 12.1 Å². The van der Waals surface area contributed by atoms with Crippen LogP contribution in [-0.2, 0) is 9.59 Å². The van der Waals surface area contributed by atoms with Crippen LogP contribution in [0.4, 0.5) is 28.8 Å². The molecule has 0 spiro atoms. The number of nitrogens with two attached hydrogens (primary N) is 1. The lowest BCUT2D eigenvalue weighted by Crippen LogP contribution is -2.55. The molecule has 4 saturated heterocycles. The second-order valence-electron chi connectivity index (χ2n) is 14.1. The minimum Gasteiger partial charge on any atom is -0.371 e. The van der Waals surface area contributed by atoms with Crippen molar-refractivity contribution in [2.24, 2.45) is 11.7 Å². The van der Waals surface area contributed by atoms with Crippen LogP contribution in [0.5, 0.6) is 0 Å². The molecule has 3 aromatic rings. The topological polar surface area (TPSA) is 190 Å². The third kappa shape index (κ3) is 6.49. The first-order valence-electron chi connectivity index (χ1n) is 18.0. The third-order valence-corrected chi connectivity index (χ3v) is 10.7. The number of hydrogen-bond donors (Lipinski definition) is 3. The van der Waals surface area contributed by atoms with Crippen molar-refractivity contribution in [1.29, 1.82) is 0 Å². The summed E-state index contributed by atoms with van der Waals surface area (Å²) in [4.78, 5) is 77.1. The van der Waals surface area contributed by atoms with Gasteiger partial charge < -0.3 is 25.8 Å². The molecular weight excluding hydrogens is 666 g/mol. The maximum Gasteiger partial charge on any atom is 0.273 e. The van der Waals surface area contributed by atoms with E-state index in [1.807, 2.05) is 18.2 Å². The number of piperidine rings is 2. The van der Waals surface area contributed by atoms with Crippen molar-refractivity contribution < 1.29 is 24.0 Å². The molecule has 1 atom stereocenters. The number of anilines is 5. The Morgan fingerprint density at radius 1 is 0.808 bits per heavy atom. The lowest BCUT2D eigenvalue weighted by molar-refractivity contribution is -0.136. The molecule has 0 saturated carbocycles. The molecule has 1 unspecified atom stereocenters. The molecule has 270 valence electrons. The highest BCUT2D eigenvalue weighted by Crippen LogP contribution is 2.32. The molecule has 0 bridgehead atoms. The summed E-state index contributed by atoms with van der Waals surface area (Å²) in [5.74, 6) is -1.33. The van der Waals surface area contributed by atoms with E-state index in [9.17, 15) is 24.0 Å². The van der Waals surface area contributed by atoms with Gasteiger partial charge in [0.05, 0.1) is 11.1 Å². The number of primary amides is 1. The van der Waals surface area contributed by atoms with E-state index in [2.05, 4.69) is 57.5 Å². The Kier molecular flexibility index (Phi) is 8.90. The molecule has 5 aliphatic rings. The number of hydrogen-bond acceptors (Lipinski definition) is 13. The van der Waals surface area contributed by atoms with Gasteiger partial charge >= 0.3 is 0 Å². The van der Waals surface area contributed by atoms with E-state index in [0.717, 1.165) is 93.7 Å². The van der Waals surface area contributed by atoms with Crippen molar-refractivity contribution in [3.05, 3.63) is 59.3 Å². The molecule has 5 amide bonds. The zero-order valence-electron chi connectivity index (χ0n) is 28.8. The zero-order valence-corrected chi connectivity index (χ0v) is 28.8. The molecule has 6 heterocycles. The molecule has 16 nitrogen and oxygen atoms in total. The van der Waals surface area contributed by atoms with E-state index in [4.69, 9.17) is 5.73 Å². The number of imide groups is 2. The van der Waals surface area contributed by atoms with Crippen molar-refractivity contribution in [3.63, 3.8) is 0 Å². The van der Waals surface area contributed by atoms with Crippen LogP contribution < -0.4 is 31.1 Å². The highest BCUT2D eigenvalue weighted by molar-refractivity contribution is 6.23. The maximum atomic E-state index is 13.3. The first kappa shape index (κ1) is 33.5. The average molecular weight is 708 g/mol. The van der Waals surface area contributed by atoms with Crippen LogP contribution in [0.3, 0.4) is 0 Å². The standard InChI is InChI=1S/C36H41N11O5/c37-31(49)30-32(40-36(42-41-30)45-12-2-1-3-13-45)38-23-4-6-24(7-5-23)46-20-22(21-46)19-43-14-16-44(17-15-43)25-8-9-26-27(18-25)35(52)47(34(26)51)28-10-11-29(48)39-33(28)50/h4-9,18,22,28H,1-3,10-17,19-21H2,(H2,37,49)(H,38,40,42)(H,39,48,50). The Morgan fingerprint density at radius 2 is 1.52 bits per heavy atom. The van der Waals surface area contributed by atoms with Crippen molar-refractivity contribution in [2.45, 2.75) is 38.1 Å². The maximum absolute atomic E-state index is 13.3. The Hall–Kier alpha value is -5.64. The van der Waals surface area contributed by atoms with Crippen LogP contribution in [0.2, 0.25) is 0 Å². The number of nitrogens with zero attached hydrogens (tertiary/aromatic N) is 8. The van der Waals surface area contributed by atoms with Gasteiger partial charge in [-0.25, -0.2) is 0 Å². The summed E-state index contributed by atoms with van der Waals surface area (Å²) in [6.07, 6.45) is 3.55. The fourth-order valence-electron chi connectivity index (χ4n) is 7.80. The summed E-state index contributed by atoms with van der Waals surface area (Å²) in [6, 6.07) is 12.4. The summed E-state index contributed by atoms with van der Waals surface area (Å²) >= 11 is 0. The van der Waals surface area contributed by atoms with Crippen molar-refractivity contribution in [1.82, 2.24) is 30.3 Å². The SMILES string of the molecule is NC(=O)c1nnc(N2CCCCC2)nc1Nc1ccc(N2CC(CN3CCN(c4ccc5c(c4)C(=O)N(C4CCC(=O)NC4=O)C5=O)CC3)C2)cc1. The van der Waals surface area contributed by atoms with Gasteiger partial charge in [-0.3, -0.25) is 39.1 Å². The summed E-state index contributed by atoms with van der Waals surface area (Å²) in [5.41, 5.74) is 8.95. The Labute approximate surface area is 300 Å². The van der Waals surface area contributed by atoms with E-state index < -0.39 is 35.6 Å². The van der Waals surface area contributed by atoms with Crippen molar-refractivity contribution in [3.8, 4) is 0 Å². The van der Waals surface area contributed by atoms with Crippen LogP contribution >= 0.6 is 0 Å². The molecule has 0 radical (unpaired) electrons. The molecule has 4 fully saturated rings. The van der Waals surface area contributed by atoms with Crippen molar-refractivity contribution >= 4 is 58.4 Å². The van der Waals surface area contributed by atoms with Gasteiger partial charge in [-0.2, -0.15) is 4.98 Å². The van der Waals surface area contributed by atoms with E-state index in [1.165, 1.54) is 6.42 Å². The molecule has 0 aliphatic carbocycles. The van der Waals surface area contributed by atoms with Gasteiger partial charge in [0, 0.05) is 88.3 Å². The largest absolute Gasteiger partial charge is 0.371 e. The highest BCUT2D eigenvalue weighted by atomic mass is 16.2. The monoisotopic (exact) mass is 707 g/mol. The fraction of sp³-hybridized carbons (Fsp3) is 0.444. The number of nitrogens with one attached hydrogen (secondary N) is 2. The van der Waals surface area contributed by atoms with Crippen LogP contribution in [0, 0.1) is 5.92 Å². The molecule has 8 rings (SSSR count). The second-order valence-corrected chi connectivity index (χ2v) is 14.1. The number of rotatable bonds is 9. The number of carbonyl (C=O) groups excluding carboxylic acids is 5. The van der Waals surface area contributed by atoms with Gasteiger partial charge in [-0.05, 0) is 68.1 Å². The molecule has 5 aliphatic heterocycles. The summed E-state index contributed by atoms with van der Waals surface area (Å²) in [7, 11) is 0. The molecule has 16 heteroatoms. The average Bonchev–Trinajstić information content (AvgIpc) is 3.38. The van der Waals surface area contributed by atoms with E-state index in [-0.39, 0.29) is 18.5 Å². The number of carbonyl (C=O) groups is 5. The molecule has 4 N–H and O–H groups in total. The highest BCUT2D eigenvalue weighted by Gasteiger charge is 2.45. The number of aromatic nitrogens is 3. The smallest absolute Gasteiger partial charge is 0.273 e. The van der Waals surface area contributed by atoms with E-state index >= 15 is 0 Å². The Balaban J connectivity index is 0.819. The van der Waals surface area contributed by atoms with Gasteiger partial charge in [0.25, 0.3) is 17.7 Å². The predicted molar refractivity (Wildman–Crippen MR) is 192 cm³/mol. The van der Waals surface area contributed by atoms with Crippen LogP contribution in [-0.4, -0.2) is 119 Å². The second kappa shape index (κ2) is 13.8. The van der Waals surface area contributed by atoms with Gasteiger partial charge in [-0.1, -0.05) is 0 Å². The quantitative estimate of drug-likeness (QED) is 0.271. The summed E-state index contributed by atoms with van der Waals surface area (Å²) in [6.45, 7) is 7.98. The molecule has 2 aromatic carbocycles. The molecular formula is C36H41N11O5. The normalized spacial score (nSPS) is 21.3. The van der Waals surface area contributed by atoms with Crippen LogP contribution in [0.1, 0.15) is 63.3 Å². The van der Waals surface area contributed by atoms with Gasteiger partial charge in [0.1, 0.15) is 6.04 Å². The number of piperazine rings is 1. The lowest BCUT2D eigenvalue weighted by Gasteiger charge is -2.45. The first-order chi connectivity index (χ1) is 25.2. The van der Waals surface area contributed by atoms with Crippen LogP contribution in [0.15, 0.2) is 42.5 Å². The fourth-order valence-corrected chi connectivity index (χ4v) is 7.80. The van der Waals surface area contributed by atoms with Gasteiger partial charge in [-0.15, -0.1) is 10.2 Å². The summed E-state index contributed by atoms with van der Waals surface area (Å²) in [5, 5.41) is 13.7. The minimum atomic E-state index is -0.972. The number of benzene rings is 2. The van der Waals surface area contributed by atoms with Gasteiger partial charge in [0.2, 0.25) is 17.8 Å². The molecule has 1 aromatic heterocycles. The number of fused-ring (bicyclic) bond motifs is 1. The third-order valence-electron chi connectivity index (χ3n) is 10.7. The number of amides is 5.